The molecule has 0 radical (unpaired) electrons. The molecule has 0 saturated heterocycles. The summed E-state index contributed by atoms with van der Waals surface area (Å²) in [4.78, 5) is 16.8. The van der Waals surface area contributed by atoms with E-state index >= 15 is 0 Å². The predicted molar refractivity (Wildman–Crippen MR) is 121 cm³/mol. The number of nitrogens with one attached hydrogen (secondary N) is 3. The molecule has 156 valence electrons. The van der Waals surface area contributed by atoms with Crippen LogP contribution in [0, 0.1) is 0 Å². The summed E-state index contributed by atoms with van der Waals surface area (Å²) < 4.78 is 5.26. The van der Waals surface area contributed by atoms with Gasteiger partial charge in [0.15, 0.2) is 0 Å². The Morgan fingerprint density at radius 1 is 1.00 bits per heavy atom. The van der Waals surface area contributed by atoms with Gasteiger partial charge in [-0.2, -0.15) is 5.10 Å². The molecule has 0 aliphatic carbocycles. The topological polar surface area (TPSA) is 91.9 Å². The molecule has 0 saturated carbocycles. The minimum Gasteiger partial charge on any atom is -0.497 e. The van der Waals surface area contributed by atoms with Gasteiger partial charge in [0.1, 0.15) is 17.4 Å². The number of anilines is 3. The Labute approximate surface area is 180 Å². The van der Waals surface area contributed by atoms with Crippen molar-refractivity contribution in [2.24, 2.45) is 0 Å². The van der Waals surface area contributed by atoms with Crippen molar-refractivity contribution in [3.8, 4) is 5.75 Å². The summed E-state index contributed by atoms with van der Waals surface area (Å²) in [6, 6.07) is 23.0. The number of methoxy groups -OCH3 is 1. The standard InChI is InChI=1S/C24H23N5O2/c1-31-21-9-5-6-17(14-21)10-12-20-15-23(29-28-20)27-24(30)18-11-13-22(25-16-18)26-19-7-3-2-4-8-19/h2-9,11,13-16H,10,12H2,1H3,(H,25,26)(H2,27,28,29,30). The molecule has 2 heterocycles. The number of aryl methyl sites for hydroxylation is 2. The van der Waals surface area contributed by atoms with E-state index in [1.807, 2.05) is 54.6 Å². The van der Waals surface area contributed by atoms with Gasteiger partial charge in [-0.1, -0.05) is 30.3 Å². The highest BCUT2D eigenvalue weighted by Gasteiger charge is 2.10. The molecule has 1 amide bonds. The SMILES string of the molecule is COc1cccc(CCc2cc(NC(=O)c3ccc(Nc4ccccc4)nc3)[nH]n2)c1. The first-order chi connectivity index (χ1) is 15.2. The molecule has 0 atom stereocenters. The van der Waals surface area contributed by atoms with Crippen LogP contribution < -0.4 is 15.4 Å². The predicted octanol–water partition coefficient (Wildman–Crippen LogP) is 4.59. The van der Waals surface area contributed by atoms with Crippen molar-refractivity contribution in [1.82, 2.24) is 15.2 Å². The van der Waals surface area contributed by atoms with Crippen LogP contribution in [0.5, 0.6) is 5.75 Å². The maximum atomic E-state index is 12.5. The molecule has 0 unspecified atom stereocenters. The van der Waals surface area contributed by atoms with Crippen LogP contribution in [0.25, 0.3) is 0 Å². The lowest BCUT2D eigenvalue weighted by atomic mass is 10.1. The summed E-state index contributed by atoms with van der Waals surface area (Å²) in [5, 5.41) is 13.2. The molecule has 0 fully saturated rings. The highest BCUT2D eigenvalue weighted by Crippen LogP contribution is 2.17. The number of ether oxygens (including phenoxy) is 1. The number of rotatable bonds is 8. The molecule has 7 heteroatoms. The summed E-state index contributed by atoms with van der Waals surface area (Å²) in [7, 11) is 1.66. The molecule has 2 aromatic heterocycles. The molecular weight excluding hydrogens is 390 g/mol. The number of hydrogen-bond acceptors (Lipinski definition) is 5. The lowest BCUT2D eigenvalue weighted by Gasteiger charge is -2.06. The molecule has 4 rings (SSSR count). The average Bonchev–Trinajstić information content (AvgIpc) is 3.26. The number of carbonyl (C=O) groups excluding carboxylic acids is 1. The Morgan fingerprint density at radius 2 is 1.87 bits per heavy atom. The third-order valence-corrected chi connectivity index (χ3v) is 4.75. The molecule has 4 aromatic rings. The number of para-hydroxylation sites is 1. The Kier molecular flexibility index (Phi) is 6.23. The Hall–Kier alpha value is -4.13. The van der Waals surface area contributed by atoms with Gasteiger partial charge < -0.3 is 15.4 Å². The smallest absolute Gasteiger partial charge is 0.258 e. The number of amides is 1. The van der Waals surface area contributed by atoms with E-state index in [-0.39, 0.29) is 5.91 Å². The van der Waals surface area contributed by atoms with Crippen LogP contribution in [-0.4, -0.2) is 28.2 Å². The van der Waals surface area contributed by atoms with Crippen molar-refractivity contribution in [3.63, 3.8) is 0 Å². The maximum absolute atomic E-state index is 12.5. The molecule has 0 spiro atoms. The van der Waals surface area contributed by atoms with E-state index in [9.17, 15) is 4.79 Å². The number of hydrogen-bond donors (Lipinski definition) is 3. The normalized spacial score (nSPS) is 10.5. The molecule has 0 bridgehead atoms. The van der Waals surface area contributed by atoms with Gasteiger partial charge >= 0.3 is 0 Å². The first-order valence-electron chi connectivity index (χ1n) is 9.96. The van der Waals surface area contributed by atoms with Crippen LogP contribution in [0.15, 0.2) is 79.0 Å². The van der Waals surface area contributed by atoms with Crippen molar-refractivity contribution in [2.45, 2.75) is 12.8 Å². The minimum absolute atomic E-state index is 0.248. The number of H-pyrrole nitrogens is 1. The number of benzene rings is 2. The number of aromatic nitrogens is 3. The van der Waals surface area contributed by atoms with E-state index in [1.54, 1.807) is 25.4 Å². The second-order valence-corrected chi connectivity index (χ2v) is 7.00. The van der Waals surface area contributed by atoms with Crippen LogP contribution >= 0.6 is 0 Å². The van der Waals surface area contributed by atoms with Crippen molar-refractivity contribution >= 4 is 23.2 Å². The van der Waals surface area contributed by atoms with Gasteiger partial charge in [-0.05, 0) is 54.8 Å². The average molecular weight is 413 g/mol. The summed E-state index contributed by atoms with van der Waals surface area (Å²) in [6.45, 7) is 0. The first-order valence-corrected chi connectivity index (χ1v) is 9.96. The van der Waals surface area contributed by atoms with E-state index in [0.717, 1.165) is 30.0 Å². The number of nitrogens with zero attached hydrogens (tertiary/aromatic N) is 2. The lowest BCUT2D eigenvalue weighted by molar-refractivity contribution is 0.102. The molecule has 2 aromatic carbocycles. The Bertz CT molecular complexity index is 1140. The molecule has 3 N–H and O–H groups in total. The monoisotopic (exact) mass is 413 g/mol. The van der Waals surface area contributed by atoms with Crippen LogP contribution in [0.1, 0.15) is 21.6 Å². The fourth-order valence-electron chi connectivity index (χ4n) is 3.12. The molecule has 7 nitrogen and oxygen atoms in total. The Balaban J connectivity index is 1.32. The fourth-order valence-corrected chi connectivity index (χ4v) is 3.12. The number of carbonyl (C=O) groups is 1. The van der Waals surface area contributed by atoms with Crippen molar-refractivity contribution in [2.75, 3.05) is 17.7 Å². The largest absolute Gasteiger partial charge is 0.497 e. The van der Waals surface area contributed by atoms with Crippen molar-refractivity contribution in [3.05, 3.63) is 95.8 Å². The summed E-state index contributed by atoms with van der Waals surface area (Å²) in [5.74, 6) is 1.81. The third kappa shape index (κ3) is 5.48. The van der Waals surface area contributed by atoms with Gasteiger partial charge in [-0.15, -0.1) is 0 Å². The Morgan fingerprint density at radius 3 is 2.65 bits per heavy atom. The van der Waals surface area contributed by atoms with Crippen LogP contribution in [0.2, 0.25) is 0 Å². The maximum Gasteiger partial charge on any atom is 0.258 e. The quantitative estimate of drug-likeness (QED) is 0.393. The van der Waals surface area contributed by atoms with Gasteiger partial charge in [-0.25, -0.2) is 4.98 Å². The number of aromatic amines is 1. The molecule has 31 heavy (non-hydrogen) atoms. The van der Waals surface area contributed by atoms with Crippen LogP contribution in [0.3, 0.4) is 0 Å². The third-order valence-electron chi connectivity index (χ3n) is 4.75. The molecule has 0 aliphatic heterocycles. The van der Waals surface area contributed by atoms with E-state index in [0.29, 0.717) is 17.2 Å². The summed E-state index contributed by atoms with van der Waals surface area (Å²) >= 11 is 0. The van der Waals surface area contributed by atoms with E-state index < -0.39 is 0 Å². The van der Waals surface area contributed by atoms with Crippen LogP contribution in [-0.2, 0) is 12.8 Å². The molecule has 0 aliphatic rings. The van der Waals surface area contributed by atoms with Crippen molar-refractivity contribution < 1.29 is 9.53 Å². The van der Waals surface area contributed by atoms with Crippen molar-refractivity contribution in [1.29, 1.82) is 0 Å². The van der Waals surface area contributed by atoms with Gasteiger partial charge in [0.05, 0.1) is 18.4 Å². The second kappa shape index (κ2) is 9.58. The second-order valence-electron chi connectivity index (χ2n) is 7.00. The van der Waals surface area contributed by atoms with Crippen LogP contribution in [0.4, 0.5) is 17.3 Å². The number of pyridine rings is 1. The summed E-state index contributed by atoms with van der Waals surface area (Å²) in [5.41, 5.74) is 3.44. The van der Waals surface area contributed by atoms with E-state index in [2.05, 4.69) is 31.9 Å². The highest BCUT2D eigenvalue weighted by molar-refractivity contribution is 6.03. The lowest BCUT2D eigenvalue weighted by Crippen LogP contribution is -2.12. The molecular formula is C24H23N5O2. The van der Waals surface area contributed by atoms with Gasteiger partial charge in [0.25, 0.3) is 5.91 Å². The zero-order valence-electron chi connectivity index (χ0n) is 17.1. The first kappa shape index (κ1) is 20.2. The van der Waals surface area contributed by atoms with Gasteiger partial charge in [-0.3, -0.25) is 9.89 Å². The highest BCUT2D eigenvalue weighted by atomic mass is 16.5. The van der Waals surface area contributed by atoms with E-state index in [4.69, 9.17) is 4.74 Å². The van der Waals surface area contributed by atoms with E-state index in [1.165, 1.54) is 5.56 Å². The summed E-state index contributed by atoms with van der Waals surface area (Å²) in [6.07, 6.45) is 3.12. The zero-order chi connectivity index (χ0) is 21.5. The van der Waals surface area contributed by atoms with Gasteiger partial charge in [0.2, 0.25) is 0 Å². The van der Waals surface area contributed by atoms with Gasteiger partial charge in [0, 0.05) is 18.0 Å². The fraction of sp³-hybridized carbons (Fsp3) is 0.125. The zero-order valence-corrected chi connectivity index (χ0v) is 17.1. The minimum atomic E-state index is -0.248.